The van der Waals surface area contributed by atoms with Crippen LogP contribution >= 0.6 is 11.3 Å². The lowest BCUT2D eigenvalue weighted by molar-refractivity contribution is -0.125. The van der Waals surface area contributed by atoms with Crippen LogP contribution in [0.4, 0.5) is 0 Å². The van der Waals surface area contributed by atoms with Crippen LogP contribution in [-0.4, -0.2) is 19.6 Å². The van der Waals surface area contributed by atoms with E-state index in [0.717, 1.165) is 18.4 Å². The summed E-state index contributed by atoms with van der Waals surface area (Å²) in [5.41, 5.74) is 1.13. The van der Waals surface area contributed by atoms with Crippen LogP contribution in [0.15, 0.2) is 16.8 Å². The molecule has 0 saturated heterocycles. The number of hydrogen-bond acceptors (Lipinski definition) is 3. The van der Waals surface area contributed by atoms with Crippen molar-refractivity contribution >= 4 is 17.2 Å². The highest BCUT2D eigenvalue weighted by Gasteiger charge is 2.17. The van der Waals surface area contributed by atoms with Gasteiger partial charge in [-0.2, -0.15) is 11.3 Å². The predicted octanol–water partition coefficient (Wildman–Crippen LogP) is 2.99. The second-order valence-corrected chi connectivity index (χ2v) is 4.82. The summed E-state index contributed by atoms with van der Waals surface area (Å²) in [5.74, 6) is 0.252. The number of ether oxygens (including phenoxy) is 1. The molecule has 4 heteroatoms. The van der Waals surface area contributed by atoms with Crippen molar-refractivity contribution in [2.45, 2.75) is 32.8 Å². The highest BCUT2D eigenvalue weighted by Crippen LogP contribution is 2.19. The average molecular weight is 255 g/mol. The fourth-order valence-corrected chi connectivity index (χ4v) is 2.49. The van der Waals surface area contributed by atoms with Gasteiger partial charge in [0.25, 0.3) is 0 Å². The summed E-state index contributed by atoms with van der Waals surface area (Å²) in [6.07, 6.45) is 1.73. The maximum Gasteiger partial charge on any atom is 0.223 e. The molecule has 0 aliphatic rings. The molecule has 0 fully saturated rings. The smallest absolute Gasteiger partial charge is 0.223 e. The maximum atomic E-state index is 11.8. The SMILES string of the molecule is CCC(CC)C(=O)NCC(OC)c1ccsc1. The number of amides is 1. The molecule has 0 aromatic carbocycles. The second-order valence-electron chi connectivity index (χ2n) is 4.04. The Morgan fingerprint density at radius 3 is 2.65 bits per heavy atom. The molecule has 0 aliphatic heterocycles. The van der Waals surface area contributed by atoms with Gasteiger partial charge in [0, 0.05) is 19.6 Å². The van der Waals surface area contributed by atoms with Crippen LogP contribution in [0.2, 0.25) is 0 Å². The van der Waals surface area contributed by atoms with E-state index in [9.17, 15) is 4.79 Å². The van der Waals surface area contributed by atoms with Crippen LogP contribution < -0.4 is 5.32 Å². The quantitative estimate of drug-likeness (QED) is 0.813. The molecule has 1 atom stereocenters. The van der Waals surface area contributed by atoms with Crippen molar-refractivity contribution < 1.29 is 9.53 Å². The third-order valence-corrected chi connectivity index (χ3v) is 3.72. The molecule has 3 nitrogen and oxygen atoms in total. The minimum atomic E-state index is -0.0421. The van der Waals surface area contributed by atoms with Crippen LogP contribution in [0.1, 0.15) is 38.4 Å². The van der Waals surface area contributed by atoms with E-state index in [2.05, 4.69) is 10.7 Å². The van der Waals surface area contributed by atoms with Gasteiger partial charge in [0.05, 0.1) is 0 Å². The summed E-state index contributed by atoms with van der Waals surface area (Å²) in [7, 11) is 1.67. The van der Waals surface area contributed by atoms with E-state index in [4.69, 9.17) is 4.74 Å². The van der Waals surface area contributed by atoms with Crippen LogP contribution in [0.3, 0.4) is 0 Å². The molecule has 0 spiro atoms. The van der Waals surface area contributed by atoms with Gasteiger partial charge in [-0.25, -0.2) is 0 Å². The molecule has 1 aromatic heterocycles. The molecule has 1 heterocycles. The lowest BCUT2D eigenvalue weighted by Crippen LogP contribution is -2.33. The predicted molar refractivity (Wildman–Crippen MR) is 71.2 cm³/mol. The fourth-order valence-electron chi connectivity index (χ4n) is 1.79. The van der Waals surface area contributed by atoms with Crippen molar-refractivity contribution in [3.63, 3.8) is 0 Å². The van der Waals surface area contributed by atoms with E-state index in [1.165, 1.54) is 0 Å². The first-order chi connectivity index (χ1) is 8.22. The average Bonchev–Trinajstić information content (AvgIpc) is 2.85. The number of methoxy groups -OCH3 is 1. The van der Waals surface area contributed by atoms with E-state index in [1.54, 1.807) is 18.4 Å². The van der Waals surface area contributed by atoms with Gasteiger partial charge >= 0.3 is 0 Å². The minimum Gasteiger partial charge on any atom is -0.375 e. The van der Waals surface area contributed by atoms with Crippen LogP contribution in [0.5, 0.6) is 0 Å². The maximum absolute atomic E-state index is 11.8. The largest absolute Gasteiger partial charge is 0.375 e. The van der Waals surface area contributed by atoms with Gasteiger partial charge in [0.2, 0.25) is 5.91 Å². The molecule has 17 heavy (non-hydrogen) atoms. The second kappa shape index (κ2) is 7.45. The van der Waals surface area contributed by atoms with Crippen molar-refractivity contribution in [2.24, 2.45) is 5.92 Å². The van der Waals surface area contributed by atoms with Crippen molar-refractivity contribution in [3.05, 3.63) is 22.4 Å². The zero-order valence-corrected chi connectivity index (χ0v) is 11.5. The monoisotopic (exact) mass is 255 g/mol. The van der Waals surface area contributed by atoms with Gasteiger partial charge in [0.15, 0.2) is 0 Å². The Morgan fingerprint density at radius 2 is 2.18 bits per heavy atom. The van der Waals surface area contributed by atoms with Crippen molar-refractivity contribution in [1.29, 1.82) is 0 Å². The fraction of sp³-hybridized carbons (Fsp3) is 0.615. The molecule has 0 radical (unpaired) electrons. The Morgan fingerprint density at radius 1 is 1.47 bits per heavy atom. The molecular weight excluding hydrogens is 234 g/mol. The zero-order chi connectivity index (χ0) is 12.7. The molecule has 96 valence electrons. The van der Waals surface area contributed by atoms with Gasteiger partial charge in [-0.1, -0.05) is 13.8 Å². The molecule has 1 aromatic rings. The molecule has 1 rings (SSSR count). The first kappa shape index (κ1) is 14.2. The number of rotatable bonds is 7. The van der Waals surface area contributed by atoms with Gasteiger partial charge in [-0.15, -0.1) is 0 Å². The summed E-state index contributed by atoms with van der Waals surface area (Å²) in [5, 5.41) is 7.04. The first-order valence-corrected chi connectivity index (χ1v) is 6.99. The van der Waals surface area contributed by atoms with Crippen LogP contribution in [0, 0.1) is 5.92 Å². The summed E-state index contributed by atoms with van der Waals surface area (Å²) in [6.45, 7) is 4.63. The highest BCUT2D eigenvalue weighted by atomic mass is 32.1. The molecule has 0 aliphatic carbocycles. The van der Waals surface area contributed by atoms with Gasteiger partial charge < -0.3 is 10.1 Å². The van der Waals surface area contributed by atoms with Crippen molar-refractivity contribution in [1.82, 2.24) is 5.32 Å². The Bertz CT molecular complexity index is 320. The molecule has 0 saturated carbocycles. The molecule has 0 bridgehead atoms. The Hall–Kier alpha value is -0.870. The third-order valence-electron chi connectivity index (χ3n) is 3.02. The number of hydrogen-bond donors (Lipinski definition) is 1. The van der Waals surface area contributed by atoms with Gasteiger partial charge in [-0.3, -0.25) is 4.79 Å². The Balaban J connectivity index is 2.46. The van der Waals surface area contributed by atoms with E-state index in [1.807, 2.05) is 25.3 Å². The van der Waals surface area contributed by atoms with E-state index < -0.39 is 0 Å². The standard InChI is InChI=1S/C13H21NO2S/c1-4-10(5-2)13(15)14-8-12(16-3)11-6-7-17-9-11/h6-7,9-10,12H,4-5,8H2,1-3H3,(H,14,15). The Kier molecular flexibility index (Phi) is 6.22. The topological polar surface area (TPSA) is 38.3 Å². The van der Waals surface area contributed by atoms with Gasteiger partial charge in [-0.05, 0) is 35.2 Å². The molecule has 1 unspecified atom stereocenters. The number of thiophene rings is 1. The lowest BCUT2D eigenvalue weighted by Gasteiger charge is -2.17. The van der Waals surface area contributed by atoms with Crippen molar-refractivity contribution in [2.75, 3.05) is 13.7 Å². The molecule has 1 amide bonds. The van der Waals surface area contributed by atoms with E-state index in [0.29, 0.717) is 6.54 Å². The highest BCUT2D eigenvalue weighted by molar-refractivity contribution is 7.07. The van der Waals surface area contributed by atoms with Crippen LogP contribution in [-0.2, 0) is 9.53 Å². The molecular formula is C13H21NO2S. The summed E-state index contributed by atoms with van der Waals surface area (Å²) in [4.78, 5) is 11.8. The number of carbonyl (C=O) groups excluding carboxylic acids is 1. The van der Waals surface area contributed by atoms with Gasteiger partial charge in [0.1, 0.15) is 6.10 Å². The lowest BCUT2D eigenvalue weighted by atomic mass is 10.0. The minimum absolute atomic E-state index is 0.0421. The van der Waals surface area contributed by atoms with E-state index in [-0.39, 0.29) is 17.9 Å². The summed E-state index contributed by atoms with van der Waals surface area (Å²) < 4.78 is 5.38. The Labute approximate surface area is 107 Å². The molecule has 1 N–H and O–H groups in total. The van der Waals surface area contributed by atoms with Crippen molar-refractivity contribution in [3.8, 4) is 0 Å². The zero-order valence-electron chi connectivity index (χ0n) is 10.7. The van der Waals surface area contributed by atoms with Crippen LogP contribution in [0.25, 0.3) is 0 Å². The summed E-state index contributed by atoms with van der Waals surface area (Å²) >= 11 is 1.64. The third kappa shape index (κ3) is 4.13. The first-order valence-electron chi connectivity index (χ1n) is 6.05. The number of carbonyl (C=O) groups is 1. The van der Waals surface area contributed by atoms with E-state index >= 15 is 0 Å². The summed E-state index contributed by atoms with van der Waals surface area (Å²) in [6, 6.07) is 2.03. The normalized spacial score (nSPS) is 12.7. The number of nitrogens with one attached hydrogen (secondary N) is 1.